The fourth-order valence-corrected chi connectivity index (χ4v) is 4.18. The second kappa shape index (κ2) is 6.42. The molecule has 2 fully saturated rings. The van der Waals surface area contributed by atoms with Gasteiger partial charge in [0.2, 0.25) is 0 Å². The molecule has 1 N–H and O–H groups in total. The number of hydrogen-bond acceptors (Lipinski definition) is 4. The quantitative estimate of drug-likeness (QED) is 0.923. The van der Waals surface area contributed by atoms with E-state index in [1.54, 1.807) is 0 Å². The molecule has 1 aromatic rings. The Bertz CT molecular complexity index is 448. The minimum absolute atomic E-state index is 0.232. The van der Waals surface area contributed by atoms with Crippen molar-refractivity contribution in [2.45, 2.75) is 44.2 Å². The Labute approximate surface area is 127 Å². The number of pyridine rings is 1. The lowest BCUT2D eigenvalue weighted by atomic mass is 9.82. The molecule has 1 aliphatic carbocycles. The van der Waals surface area contributed by atoms with Crippen LogP contribution in [0.15, 0.2) is 18.3 Å². The molecular weight excluding hydrogens is 262 g/mol. The first-order valence-corrected chi connectivity index (χ1v) is 8.19. The normalized spacial score (nSPS) is 24.1. The Morgan fingerprint density at radius 1 is 1.24 bits per heavy atom. The summed E-state index contributed by atoms with van der Waals surface area (Å²) in [7, 11) is 2.09. The summed E-state index contributed by atoms with van der Waals surface area (Å²) in [5.41, 5.74) is 2.63. The molecule has 3 rings (SSSR count). The third-order valence-electron chi connectivity index (χ3n) is 5.20. The summed E-state index contributed by atoms with van der Waals surface area (Å²) in [6, 6.07) is 4.72. The smallest absolute Gasteiger partial charge is 0.0594 e. The Kier molecular flexibility index (Phi) is 4.57. The zero-order valence-corrected chi connectivity index (χ0v) is 13.3. The maximum atomic E-state index is 5.56. The van der Waals surface area contributed by atoms with Gasteiger partial charge in [0.15, 0.2) is 0 Å². The predicted molar refractivity (Wildman–Crippen MR) is 84.4 cm³/mol. The van der Waals surface area contributed by atoms with E-state index in [1.165, 1.54) is 31.2 Å². The van der Waals surface area contributed by atoms with Crippen LogP contribution in [-0.2, 0) is 4.74 Å². The second-order valence-corrected chi connectivity index (χ2v) is 6.36. The van der Waals surface area contributed by atoms with E-state index in [-0.39, 0.29) is 5.54 Å². The maximum Gasteiger partial charge on any atom is 0.0594 e. The van der Waals surface area contributed by atoms with Gasteiger partial charge in [0, 0.05) is 30.5 Å². The van der Waals surface area contributed by atoms with Gasteiger partial charge < -0.3 is 10.1 Å². The Morgan fingerprint density at radius 3 is 2.52 bits per heavy atom. The molecule has 2 aliphatic rings. The SMILES string of the molecule is CNC(c1ccc(C)nc1)C1(N2CCOCC2)CCCC1. The summed E-state index contributed by atoms with van der Waals surface area (Å²) >= 11 is 0. The molecule has 1 unspecified atom stereocenters. The van der Waals surface area contributed by atoms with E-state index in [0.29, 0.717) is 6.04 Å². The van der Waals surface area contributed by atoms with Crippen LogP contribution in [0, 0.1) is 6.92 Å². The number of ether oxygens (including phenoxy) is 1. The van der Waals surface area contributed by atoms with Gasteiger partial charge in [-0.2, -0.15) is 0 Å². The molecule has 116 valence electrons. The lowest BCUT2D eigenvalue weighted by molar-refractivity contribution is -0.0354. The van der Waals surface area contributed by atoms with Crippen molar-refractivity contribution in [3.05, 3.63) is 29.6 Å². The second-order valence-electron chi connectivity index (χ2n) is 6.36. The zero-order chi connectivity index (χ0) is 14.7. The molecule has 1 saturated carbocycles. The summed E-state index contributed by atoms with van der Waals surface area (Å²) in [5, 5.41) is 3.60. The van der Waals surface area contributed by atoms with E-state index < -0.39 is 0 Å². The summed E-state index contributed by atoms with van der Waals surface area (Å²) in [6.07, 6.45) is 7.25. The molecule has 21 heavy (non-hydrogen) atoms. The van der Waals surface area contributed by atoms with E-state index in [4.69, 9.17) is 4.74 Å². The summed E-state index contributed by atoms with van der Waals surface area (Å²) < 4.78 is 5.56. The summed E-state index contributed by atoms with van der Waals surface area (Å²) in [4.78, 5) is 7.18. The van der Waals surface area contributed by atoms with Crippen LogP contribution in [-0.4, -0.2) is 48.8 Å². The number of likely N-dealkylation sites (N-methyl/N-ethyl adjacent to an activating group) is 1. The molecule has 1 saturated heterocycles. The van der Waals surface area contributed by atoms with Crippen LogP contribution < -0.4 is 5.32 Å². The number of aromatic nitrogens is 1. The van der Waals surface area contributed by atoms with Crippen molar-refractivity contribution in [1.82, 2.24) is 15.2 Å². The van der Waals surface area contributed by atoms with Crippen molar-refractivity contribution in [2.24, 2.45) is 0 Å². The molecule has 0 radical (unpaired) electrons. The van der Waals surface area contributed by atoms with E-state index in [1.807, 2.05) is 6.92 Å². The highest BCUT2D eigenvalue weighted by Gasteiger charge is 2.46. The van der Waals surface area contributed by atoms with Gasteiger partial charge in [-0.15, -0.1) is 0 Å². The molecule has 0 bridgehead atoms. The standard InChI is InChI=1S/C17H27N3O/c1-14-5-6-15(13-19-14)16(18-2)17(7-3-4-8-17)20-9-11-21-12-10-20/h5-6,13,16,18H,3-4,7-12H2,1-2H3. The zero-order valence-electron chi connectivity index (χ0n) is 13.3. The van der Waals surface area contributed by atoms with Gasteiger partial charge in [-0.05, 0) is 38.4 Å². The van der Waals surface area contributed by atoms with E-state index in [9.17, 15) is 0 Å². The molecule has 0 amide bonds. The van der Waals surface area contributed by atoms with Crippen molar-refractivity contribution in [2.75, 3.05) is 33.4 Å². The van der Waals surface area contributed by atoms with E-state index >= 15 is 0 Å². The van der Waals surface area contributed by atoms with Gasteiger partial charge in [-0.3, -0.25) is 9.88 Å². The van der Waals surface area contributed by atoms with Crippen LogP contribution in [0.5, 0.6) is 0 Å². The first-order chi connectivity index (χ1) is 10.3. The number of nitrogens with zero attached hydrogens (tertiary/aromatic N) is 2. The maximum absolute atomic E-state index is 5.56. The van der Waals surface area contributed by atoms with Crippen LogP contribution in [0.2, 0.25) is 0 Å². The number of nitrogens with one attached hydrogen (secondary N) is 1. The first kappa shape index (κ1) is 14.9. The van der Waals surface area contributed by atoms with Gasteiger partial charge in [0.25, 0.3) is 0 Å². The van der Waals surface area contributed by atoms with Gasteiger partial charge in [0.1, 0.15) is 0 Å². The third-order valence-corrected chi connectivity index (χ3v) is 5.20. The largest absolute Gasteiger partial charge is 0.379 e. The Balaban J connectivity index is 1.91. The van der Waals surface area contributed by atoms with Crippen molar-refractivity contribution >= 4 is 0 Å². The van der Waals surface area contributed by atoms with Crippen LogP contribution in [0.4, 0.5) is 0 Å². The fraction of sp³-hybridized carbons (Fsp3) is 0.706. The topological polar surface area (TPSA) is 37.4 Å². The van der Waals surface area contributed by atoms with Crippen LogP contribution in [0.25, 0.3) is 0 Å². The molecule has 0 aromatic carbocycles. The number of rotatable bonds is 4. The number of hydrogen-bond donors (Lipinski definition) is 1. The van der Waals surface area contributed by atoms with Crippen molar-refractivity contribution in [3.63, 3.8) is 0 Å². The lowest BCUT2D eigenvalue weighted by Gasteiger charge is -2.48. The fourth-order valence-electron chi connectivity index (χ4n) is 4.18. The van der Waals surface area contributed by atoms with Gasteiger partial charge in [0.05, 0.1) is 19.3 Å². The minimum Gasteiger partial charge on any atom is -0.379 e. The Hall–Kier alpha value is -0.970. The summed E-state index contributed by atoms with van der Waals surface area (Å²) in [6.45, 7) is 5.88. The molecule has 1 aliphatic heterocycles. The highest BCUT2D eigenvalue weighted by Crippen LogP contribution is 2.44. The van der Waals surface area contributed by atoms with Crippen LogP contribution >= 0.6 is 0 Å². The third kappa shape index (κ3) is 2.85. The van der Waals surface area contributed by atoms with Gasteiger partial charge in [-0.25, -0.2) is 0 Å². The van der Waals surface area contributed by atoms with Crippen molar-refractivity contribution < 1.29 is 4.74 Å². The van der Waals surface area contributed by atoms with Gasteiger partial charge in [-0.1, -0.05) is 18.9 Å². The highest BCUT2D eigenvalue weighted by atomic mass is 16.5. The molecule has 0 spiro atoms. The molecule has 1 aromatic heterocycles. The average Bonchev–Trinajstić information content (AvgIpc) is 3.01. The number of aryl methyl sites for hydroxylation is 1. The number of morpholine rings is 1. The average molecular weight is 289 g/mol. The van der Waals surface area contributed by atoms with Gasteiger partial charge >= 0.3 is 0 Å². The lowest BCUT2D eigenvalue weighted by Crippen LogP contribution is -2.57. The first-order valence-electron chi connectivity index (χ1n) is 8.19. The van der Waals surface area contributed by atoms with Crippen molar-refractivity contribution in [1.29, 1.82) is 0 Å². The monoisotopic (exact) mass is 289 g/mol. The van der Waals surface area contributed by atoms with E-state index in [0.717, 1.165) is 32.0 Å². The van der Waals surface area contributed by atoms with E-state index in [2.05, 4.69) is 40.6 Å². The minimum atomic E-state index is 0.232. The molecular formula is C17H27N3O. The highest BCUT2D eigenvalue weighted by molar-refractivity contribution is 5.23. The molecule has 1 atom stereocenters. The van der Waals surface area contributed by atoms with Crippen LogP contribution in [0.1, 0.15) is 43.0 Å². The molecule has 4 nitrogen and oxygen atoms in total. The molecule has 2 heterocycles. The predicted octanol–water partition coefficient (Wildman–Crippen LogP) is 2.30. The van der Waals surface area contributed by atoms with Crippen molar-refractivity contribution in [3.8, 4) is 0 Å². The summed E-state index contributed by atoms with van der Waals surface area (Å²) in [5.74, 6) is 0. The Morgan fingerprint density at radius 2 is 1.95 bits per heavy atom. The molecule has 4 heteroatoms. The van der Waals surface area contributed by atoms with Crippen LogP contribution in [0.3, 0.4) is 0 Å².